The summed E-state index contributed by atoms with van der Waals surface area (Å²) >= 11 is 1.62. The van der Waals surface area contributed by atoms with E-state index in [4.69, 9.17) is 0 Å². The Morgan fingerprint density at radius 3 is 2.75 bits per heavy atom. The molecule has 1 aromatic heterocycles. The highest BCUT2D eigenvalue weighted by Crippen LogP contribution is 2.19. The Morgan fingerprint density at radius 2 is 2.25 bits per heavy atom. The first-order valence-electron chi connectivity index (χ1n) is 5.42. The molecule has 0 aliphatic carbocycles. The van der Waals surface area contributed by atoms with Crippen molar-refractivity contribution in [3.05, 3.63) is 16.1 Å². The van der Waals surface area contributed by atoms with Crippen LogP contribution >= 0.6 is 11.3 Å². The number of hydrogen-bond acceptors (Lipinski definition) is 4. The van der Waals surface area contributed by atoms with Crippen LogP contribution in [-0.4, -0.2) is 24.5 Å². The quantitative estimate of drug-likeness (QED) is 0.821. The highest BCUT2D eigenvalue weighted by atomic mass is 32.1. The minimum atomic E-state index is -0.0199. The van der Waals surface area contributed by atoms with Crippen molar-refractivity contribution in [3.63, 3.8) is 0 Å². The van der Waals surface area contributed by atoms with E-state index < -0.39 is 0 Å². The van der Waals surface area contributed by atoms with Crippen molar-refractivity contribution in [1.82, 2.24) is 15.6 Å². The summed E-state index contributed by atoms with van der Waals surface area (Å²) in [6.45, 7) is 6.57. The van der Waals surface area contributed by atoms with Crippen LogP contribution in [0.25, 0.3) is 0 Å². The highest BCUT2D eigenvalue weighted by molar-refractivity contribution is 7.11. The molecule has 4 nitrogen and oxygen atoms in total. The molecular weight excluding hydrogens is 222 g/mol. The highest BCUT2D eigenvalue weighted by Gasteiger charge is 2.16. The fraction of sp³-hybridized carbons (Fsp3) is 0.636. The Balaban J connectivity index is 2.51. The fourth-order valence-corrected chi connectivity index (χ4v) is 2.17. The van der Waals surface area contributed by atoms with Crippen LogP contribution in [-0.2, 0) is 4.79 Å². The zero-order valence-electron chi connectivity index (χ0n) is 10.2. The van der Waals surface area contributed by atoms with Crippen molar-refractivity contribution in [3.8, 4) is 0 Å². The van der Waals surface area contributed by atoms with Gasteiger partial charge in [-0.25, -0.2) is 4.98 Å². The van der Waals surface area contributed by atoms with Gasteiger partial charge in [0.15, 0.2) is 0 Å². The van der Waals surface area contributed by atoms with E-state index in [0.29, 0.717) is 6.54 Å². The van der Waals surface area contributed by atoms with Crippen LogP contribution in [0.5, 0.6) is 0 Å². The van der Waals surface area contributed by atoms with Crippen LogP contribution < -0.4 is 10.6 Å². The van der Waals surface area contributed by atoms with E-state index in [9.17, 15) is 4.79 Å². The predicted octanol–water partition coefficient (Wildman–Crippen LogP) is 1.48. The molecule has 90 valence electrons. The Bertz CT molecular complexity index is 351. The molecule has 2 atom stereocenters. The predicted molar refractivity (Wildman–Crippen MR) is 66.5 cm³/mol. The Labute approximate surface area is 100 Å². The van der Waals surface area contributed by atoms with Crippen LogP contribution in [0.15, 0.2) is 6.20 Å². The van der Waals surface area contributed by atoms with Crippen molar-refractivity contribution in [2.24, 2.45) is 5.92 Å². The number of aryl methyl sites for hydroxylation is 1. The van der Waals surface area contributed by atoms with Gasteiger partial charge < -0.3 is 10.6 Å². The molecule has 2 unspecified atom stereocenters. The first kappa shape index (κ1) is 13.1. The first-order valence-corrected chi connectivity index (χ1v) is 6.23. The molecule has 1 aromatic rings. The van der Waals surface area contributed by atoms with Crippen molar-refractivity contribution < 1.29 is 4.79 Å². The van der Waals surface area contributed by atoms with Gasteiger partial charge >= 0.3 is 0 Å². The van der Waals surface area contributed by atoms with Gasteiger partial charge in [-0.1, -0.05) is 6.92 Å². The maximum absolute atomic E-state index is 11.7. The summed E-state index contributed by atoms with van der Waals surface area (Å²) < 4.78 is 0. The lowest BCUT2D eigenvalue weighted by molar-refractivity contribution is -0.125. The van der Waals surface area contributed by atoms with E-state index in [1.165, 1.54) is 4.88 Å². The zero-order valence-corrected chi connectivity index (χ0v) is 11.0. The Hall–Kier alpha value is -0.940. The Kier molecular flexibility index (Phi) is 4.89. The van der Waals surface area contributed by atoms with Gasteiger partial charge in [-0.15, -0.1) is 11.3 Å². The molecule has 0 saturated heterocycles. The number of carbonyl (C=O) groups excluding carboxylic acids is 1. The van der Waals surface area contributed by atoms with Crippen LogP contribution in [0.1, 0.15) is 29.8 Å². The summed E-state index contributed by atoms with van der Waals surface area (Å²) in [6.07, 6.45) is 1.83. The normalized spacial score (nSPS) is 14.5. The average molecular weight is 241 g/mol. The largest absolute Gasteiger partial charge is 0.347 e. The lowest BCUT2D eigenvalue weighted by Crippen LogP contribution is -2.35. The fourth-order valence-electron chi connectivity index (χ4n) is 1.39. The molecule has 0 spiro atoms. The van der Waals surface area contributed by atoms with E-state index in [2.05, 4.69) is 15.6 Å². The minimum Gasteiger partial charge on any atom is -0.347 e. The maximum atomic E-state index is 11.7. The number of nitrogens with one attached hydrogen (secondary N) is 2. The van der Waals surface area contributed by atoms with Gasteiger partial charge in [-0.3, -0.25) is 4.79 Å². The van der Waals surface area contributed by atoms with Crippen molar-refractivity contribution in [1.29, 1.82) is 0 Å². The molecule has 1 heterocycles. The van der Waals surface area contributed by atoms with E-state index in [1.807, 2.05) is 34.0 Å². The number of rotatable bonds is 5. The molecule has 1 amide bonds. The standard InChI is InChI=1S/C11H19N3OS/c1-7(5-12-4)10(15)14-9(3)11-13-6-8(2)16-11/h6-7,9,12H,5H2,1-4H3,(H,14,15). The molecule has 0 aliphatic heterocycles. The summed E-state index contributed by atoms with van der Waals surface area (Å²) in [5.74, 6) is 0.0446. The van der Waals surface area contributed by atoms with Gasteiger partial charge in [0.2, 0.25) is 5.91 Å². The van der Waals surface area contributed by atoms with E-state index in [-0.39, 0.29) is 17.9 Å². The van der Waals surface area contributed by atoms with Gasteiger partial charge in [0, 0.05) is 23.5 Å². The van der Waals surface area contributed by atoms with E-state index in [1.54, 1.807) is 11.3 Å². The molecule has 0 saturated carbocycles. The van der Waals surface area contributed by atoms with Crippen molar-refractivity contribution in [2.75, 3.05) is 13.6 Å². The van der Waals surface area contributed by atoms with Crippen LogP contribution in [0.2, 0.25) is 0 Å². The summed E-state index contributed by atoms with van der Waals surface area (Å²) in [5.41, 5.74) is 0. The van der Waals surface area contributed by atoms with Crippen LogP contribution in [0, 0.1) is 12.8 Å². The van der Waals surface area contributed by atoms with E-state index >= 15 is 0 Å². The van der Waals surface area contributed by atoms with Gasteiger partial charge in [-0.2, -0.15) is 0 Å². The number of nitrogens with zero attached hydrogens (tertiary/aromatic N) is 1. The third-order valence-electron chi connectivity index (χ3n) is 2.33. The number of hydrogen-bond donors (Lipinski definition) is 2. The van der Waals surface area contributed by atoms with E-state index in [0.717, 1.165) is 5.01 Å². The number of carbonyl (C=O) groups is 1. The summed E-state index contributed by atoms with van der Waals surface area (Å²) in [6, 6.07) is -0.00879. The maximum Gasteiger partial charge on any atom is 0.224 e. The summed E-state index contributed by atoms with van der Waals surface area (Å²) in [4.78, 5) is 17.2. The van der Waals surface area contributed by atoms with Crippen molar-refractivity contribution >= 4 is 17.2 Å². The molecule has 5 heteroatoms. The lowest BCUT2D eigenvalue weighted by Gasteiger charge is -2.15. The minimum absolute atomic E-state index is 0.00879. The number of thiazole rings is 1. The Morgan fingerprint density at radius 1 is 1.56 bits per heavy atom. The molecule has 2 N–H and O–H groups in total. The molecule has 16 heavy (non-hydrogen) atoms. The van der Waals surface area contributed by atoms with Crippen LogP contribution in [0.4, 0.5) is 0 Å². The smallest absolute Gasteiger partial charge is 0.224 e. The second kappa shape index (κ2) is 5.96. The van der Waals surface area contributed by atoms with Gasteiger partial charge in [0.25, 0.3) is 0 Å². The zero-order chi connectivity index (χ0) is 12.1. The molecule has 0 fully saturated rings. The second-order valence-electron chi connectivity index (χ2n) is 4.00. The second-order valence-corrected chi connectivity index (χ2v) is 5.26. The SMILES string of the molecule is CNCC(C)C(=O)NC(C)c1ncc(C)s1. The molecule has 0 aliphatic rings. The third-order valence-corrected chi connectivity index (χ3v) is 3.42. The van der Waals surface area contributed by atoms with Gasteiger partial charge in [0.05, 0.1) is 6.04 Å². The third kappa shape index (κ3) is 3.57. The van der Waals surface area contributed by atoms with Gasteiger partial charge in [0.1, 0.15) is 5.01 Å². The number of aromatic nitrogens is 1. The van der Waals surface area contributed by atoms with Gasteiger partial charge in [-0.05, 0) is 20.9 Å². The summed E-state index contributed by atoms with van der Waals surface area (Å²) in [7, 11) is 1.84. The topological polar surface area (TPSA) is 54.0 Å². The molecule has 0 bridgehead atoms. The summed E-state index contributed by atoms with van der Waals surface area (Å²) in [5, 5.41) is 6.92. The lowest BCUT2D eigenvalue weighted by atomic mass is 10.1. The first-order chi connectivity index (χ1) is 7.54. The molecule has 1 rings (SSSR count). The van der Waals surface area contributed by atoms with Crippen LogP contribution in [0.3, 0.4) is 0 Å². The molecule has 0 radical (unpaired) electrons. The monoisotopic (exact) mass is 241 g/mol. The average Bonchev–Trinajstić information content (AvgIpc) is 2.65. The number of amides is 1. The molecular formula is C11H19N3OS. The molecule has 0 aromatic carbocycles. The van der Waals surface area contributed by atoms with Crippen molar-refractivity contribution in [2.45, 2.75) is 26.8 Å².